The van der Waals surface area contributed by atoms with Crippen molar-refractivity contribution in [3.05, 3.63) is 70.0 Å². The molecule has 0 spiro atoms. The molecule has 1 aliphatic heterocycles. The fourth-order valence-electron chi connectivity index (χ4n) is 5.33. The fraction of sp³-hybridized carbons (Fsp3) is 0.370. The number of piperazine rings is 1. The Balaban J connectivity index is 1.48. The van der Waals surface area contributed by atoms with E-state index in [4.69, 9.17) is 0 Å². The van der Waals surface area contributed by atoms with Crippen LogP contribution in [0, 0.1) is 17.1 Å². The van der Waals surface area contributed by atoms with Crippen molar-refractivity contribution in [3.8, 4) is 6.07 Å². The Kier molecular flexibility index (Phi) is 5.81. The van der Waals surface area contributed by atoms with Crippen molar-refractivity contribution in [1.29, 1.82) is 5.26 Å². The van der Waals surface area contributed by atoms with Crippen molar-refractivity contribution in [1.82, 2.24) is 19.0 Å². The monoisotopic (exact) mass is 472 g/mol. The maximum atomic E-state index is 14.8. The van der Waals surface area contributed by atoms with Crippen LogP contribution in [0.1, 0.15) is 32.0 Å². The van der Waals surface area contributed by atoms with E-state index in [1.807, 2.05) is 29.7 Å². The fourth-order valence-corrected chi connectivity index (χ4v) is 5.33. The minimum absolute atomic E-state index is 0.0957. The maximum Gasteiger partial charge on any atom is 0.252 e. The number of nitriles is 1. The molecule has 3 aromatic heterocycles. The van der Waals surface area contributed by atoms with Crippen molar-refractivity contribution in [2.75, 3.05) is 18.0 Å². The Hall–Kier alpha value is -3.70. The van der Waals surface area contributed by atoms with Gasteiger partial charge in [-0.05, 0) is 44.5 Å². The van der Waals surface area contributed by atoms with E-state index >= 15 is 0 Å². The average Bonchev–Trinajstić information content (AvgIpc) is 3.19. The van der Waals surface area contributed by atoms with Crippen LogP contribution in [-0.4, -0.2) is 44.2 Å². The minimum Gasteiger partial charge on any atom is -0.364 e. The Labute approximate surface area is 203 Å². The van der Waals surface area contributed by atoms with Gasteiger partial charge in [0.1, 0.15) is 23.1 Å². The molecule has 0 radical (unpaired) electrons. The SMILES string of the molecule is CCn1cc(F)c2c(CN3C[C@H](C)N(c4cc(=O)n(C)c5ccc(C#N)nc45)CC3C)cccc21. The zero-order valence-electron chi connectivity index (χ0n) is 20.5. The number of nitrogens with zero attached hydrogens (tertiary/aromatic N) is 6. The van der Waals surface area contributed by atoms with Gasteiger partial charge in [-0.25, -0.2) is 9.37 Å². The molecule has 35 heavy (non-hydrogen) atoms. The van der Waals surface area contributed by atoms with E-state index in [0.29, 0.717) is 35.2 Å². The molecule has 4 aromatic rings. The van der Waals surface area contributed by atoms with Crippen molar-refractivity contribution in [2.24, 2.45) is 7.05 Å². The molecule has 0 amide bonds. The molecule has 0 N–H and O–H groups in total. The van der Waals surface area contributed by atoms with Gasteiger partial charge < -0.3 is 14.0 Å². The van der Waals surface area contributed by atoms with Crippen molar-refractivity contribution < 1.29 is 4.39 Å². The summed E-state index contributed by atoms with van der Waals surface area (Å²) in [7, 11) is 1.72. The molecule has 0 bridgehead atoms. The van der Waals surface area contributed by atoms with E-state index in [1.165, 1.54) is 0 Å². The Bertz CT molecular complexity index is 1530. The summed E-state index contributed by atoms with van der Waals surface area (Å²) in [4.78, 5) is 21.9. The summed E-state index contributed by atoms with van der Waals surface area (Å²) < 4.78 is 18.3. The van der Waals surface area contributed by atoms with E-state index in [9.17, 15) is 14.4 Å². The van der Waals surface area contributed by atoms with Gasteiger partial charge in [0.05, 0.1) is 16.7 Å². The molecule has 1 saturated heterocycles. The Morgan fingerprint density at radius 2 is 1.94 bits per heavy atom. The highest BCUT2D eigenvalue weighted by molar-refractivity contribution is 5.89. The van der Waals surface area contributed by atoms with Gasteiger partial charge in [0.25, 0.3) is 5.56 Å². The number of halogens is 1. The molecule has 0 aliphatic carbocycles. The number of pyridine rings is 2. The average molecular weight is 473 g/mol. The third-order valence-corrected chi connectivity index (χ3v) is 7.27. The van der Waals surface area contributed by atoms with Crippen LogP contribution < -0.4 is 10.5 Å². The van der Waals surface area contributed by atoms with Crippen molar-refractivity contribution in [2.45, 2.75) is 45.9 Å². The molecule has 180 valence electrons. The molecule has 1 aliphatic rings. The molecule has 1 aromatic carbocycles. The van der Waals surface area contributed by atoms with Gasteiger partial charge in [-0.3, -0.25) is 9.69 Å². The standard InChI is InChI=1S/C27H29FN6O/c1-5-32-16-21(28)26-19(7-6-8-22(26)32)15-33-13-18(3)34(14-17(33)2)24-11-25(35)31(4)23-10-9-20(12-29)30-27(23)24/h6-11,16-18H,5,13-15H2,1-4H3/t17?,18-/m0/s1. The van der Waals surface area contributed by atoms with Crippen LogP contribution in [0.5, 0.6) is 0 Å². The predicted molar refractivity (Wildman–Crippen MR) is 136 cm³/mol. The number of anilines is 1. The largest absolute Gasteiger partial charge is 0.364 e. The lowest BCUT2D eigenvalue weighted by Gasteiger charge is -2.45. The third-order valence-electron chi connectivity index (χ3n) is 7.27. The van der Waals surface area contributed by atoms with Gasteiger partial charge in [0.2, 0.25) is 0 Å². The first-order chi connectivity index (χ1) is 16.8. The molecule has 4 heterocycles. The van der Waals surface area contributed by atoms with Crippen LogP contribution in [0.2, 0.25) is 0 Å². The van der Waals surface area contributed by atoms with Gasteiger partial charge in [0, 0.05) is 63.0 Å². The van der Waals surface area contributed by atoms with Crippen molar-refractivity contribution >= 4 is 27.6 Å². The summed E-state index contributed by atoms with van der Waals surface area (Å²) in [5, 5.41) is 10.1. The second kappa shape index (κ2) is 8.82. The molecule has 8 heteroatoms. The Morgan fingerprint density at radius 1 is 1.14 bits per heavy atom. The second-order valence-corrected chi connectivity index (χ2v) is 9.46. The summed E-state index contributed by atoms with van der Waals surface area (Å²) in [6.45, 7) is 9.12. The topological polar surface area (TPSA) is 70.1 Å². The lowest BCUT2D eigenvalue weighted by atomic mass is 10.0. The summed E-state index contributed by atoms with van der Waals surface area (Å²) in [5.74, 6) is -0.178. The number of rotatable bonds is 4. The van der Waals surface area contributed by atoms with Crippen LogP contribution >= 0.6 is 0 Å². The number of aromatic nitrogens is 3. The number of fused-ring (bicyclic) bond motifs is 2. The zero-order chi connectivity index (χ0) is 24.9. The lowest BCUT2D eigenvalue weighted by molar-refractivity contribution is 0.158. The number of aryl methyl sites for hydroxylation is 2. The number of hydrogen-bond acceptors (Lipinski definition) is 5. The van der Waals surface area contributed by atoms with Gasteiger partial charge in [-0.1, -0.05) is 12.1 Å². The first kappa shape index (κ1) is 23.1. The van der Waals surface area contributed by atoms with Crippen LogP contribution in [0.3, 0.4) is 0 Å². The summed E-state index contributed by atoms with van der Waals surface area (Å²) in [5.41, 5.74) is 4.25. The molecular formula is C27H29FN6O. The van der Waals surface area contributed by atoms with E-state index in [2.05, 4.69) is 34.7 Å². The molecule has 1 fully saturated rings. The molecule has 2 atom stereocenters. The van der Waals surface area contributed by atoms with E-state index in [1.54, 1.807) is 36.0 Å². The van der Waals surface area contributed by atoms with Crippen LogP contribution in [-0.2, 0) is 20.1 Å². The van der Waals surface area contributed by atoms with Crippen LogP contribution in [0.4, 0.5) is 10.1 Å². The zero-order valence-corrected chi connectivity index (χ0v) is 20.5. The highest BCUT2D eigenvalue weighted by Crippen LogP contribution is 2.31. The second-order valence-electron chi connectivity index (χ2n) is 9.46. The van der Waals surface area contributed by atoms with Gasteiger partial charge in [-0.15, -0.1) is 0 Å². The first-order valence-electron chi connectivity index (χ1n) is 12.0. The van der Waals surface area contributed by atoms with Crippen LogP contribution in [0.15, 0.2) is 47.4 Å². The van der Waals surface area contributed by atoms with E-state index in [0.717, 1.165) is 29.9 Å². The summed E-state index contributed by atoms with van der Waals surface area (Å²) in [6, 6.07) is 13.4. The van der Waals surface area contributed by atoms with Gasteiger partial charge in [0.15, 0.2) is 0 Å². The van der Waals surface area contributed by atoms with Crippen LogP contribution in [0.25, 0.3) is 21.9 Å². The van der Waals surface area contributed by atoms with Gasteiger partial charge >= 0.3 is 0 Å². The smallest absolute Gasteiger partial charge is 0.252 e. The highest BCUT2D eigenvalue weighted by Gasteiger charge is 2.31. The normalized spacial score (nSPS) is 18.9. The third kappa shape index (κ3) is 3.86. The summed E-state index contributed by atoms with van der Waals surface area (Å²) >= 11 is 0. The molecule has 0 saturated carbocycles. The number of benzene rings is 1. The van der Waals surface area contributed by atoms with Crippen molar-refractivity contribution in [3.63, 3.8) is 0 Å². The lowest BCUT2D eigenvalue weighted by Crippen LogP contribution is -2.56. The summed E-state index contributed by atoms with van der Waals surface area (Å²) in [6.07, 6.45) is 1.58. The molecular weight excluding hydrogens is 443 g/mol. The van der Waals surface area contributed by atoms with Gasteiger partial charge in [-0.2, -0.15) is 5.26 Å². The highest BCUT2D eigenvalue weighted by atomic mass is 19.1. The predicted octanol–water partition coefficient (Wildman–Crippen LogP) is 4.02. The number of hydrogen-bond donors (Lipinski definition) is 0. The minimum atomic E-state index is -0.178. The first-order valence-corrected chi connectivity index (χ1v) is 12.0. The van der Waals surface area contributed by atoms with E-state index < -0.39 is 0 Å². The molecule has 1 unspecified atom stereocenters. The molecule has 5 rings (SSSR count). The van der Waals surface area contributed by atoms with E-state index in [-0.39, 0.29) is 23.5 Å². The quantitative estimate of drug-likeness (QED) is 0.449. The maximum absolute atomic E-state index is 14.8. The Morgan fingerprint density at radius 3 is 2.69 bits per heavy atom. The molecule has 7 nitrogen and oxygen atoms in total.